The molecule has 0 saturated carbocycles. The van der Waals surface area contributed by atoms with Crippen molar-refractivity contribution in [3.8, 4) is 5.75 Å². The van der Waals surface area contributed by atoms with Crippen LogP contribution in [0.4, 0.5) is 0 Å². The quantitative estimate of drug-likeness (QED) is 0.109. The third-order valence-electron chi connectivity index (χ3n) is 3.67. The molecule has 10 heteroatoms. The first-order valence-electron chi connectivity index (χ1n) is 8.13. The van der Waals surface area contributed by atoms with Crippen molar-refractivity contribution in [1.82, 2.24) is 10.8 Å². The molecule has 10 nitrogen and oxygen atoms in total. The lowest BCUT2D eigenvalue weighted by atomic mass is 10.0. The number of aromatic hydroxyl groups is 1. The number of benzene rings is 1. The highest BCUT2D eigenvalue weighted by Crippen LogP contribution is 2.11. The number of hydroxylamine groups is 1. The Kier molecular flexibility index (Phi) is 8.88. The summed E-state index contributed by atoms with van der Waals surface area (Å²) in [7, 11) is 0. The highest BCUT2D eigenvalue weighted by atomic mass is 16.5. The number of guanidine groups is 1. The fourth-order valence-electron chi connectivity index (χ4n) is 2.33. The summed E-state index contributed by atoms with van der Waals surface area (Å²) in [5, 5.41) is 21.0. The van der Waals surface area contributed by atoms with Crippen LogP contribution in [0.1, 0.15) is 24.8 Å². The summed E-state index contributed by atoms with van der Waals surface area (Å²) in [6, 6.07) is 4.84. The first-order valence-corrected chi connectivity index (χ1v) is 8.13. The fourth-order valence-corrected chi connectivity index (χ4v) is 2.33. The van der Waals surface area contributed by atoms with Crippen molar-refractivity contribution in [3.63, 3.8) is 0 Å². The van der Waals surface area contributed by atoms with Crippen LogP contribution in [0.2, 0.25) is 0 Å². The molecule has 1 aromatic rings. The maximum atomic E-state index is 12.1. The lowest BCUT2D eigenvalue weighted by Gasteiger charge is -2.18. The van der Waals surface area contributed by atoms with Crippen LogP contribution >= 0.6 is 0 Å². The van der Waals surface area contributed by atoms with Crippen LogP contribution in [0.5, 0.6) is 5.75 Å². The molecule has 144 valence electrons. The largest absolute Gasteiger partial charge is 0.508 e. The average Bonchev–Trinajstić information content (AvgIpc) is 2.58. The number of amides is 2. The van der Waals surface area contributed by atoms with E-state index in [2.05, 4.69) is 15.8 Å². The van der Waals surface area contributed by atoms with E-state index in [0.29, 0.717) is 19.4 Å². The average molecular weight is 366 g/mol. The van der Waals surface area contributed by atoms with E-state index >= 15 is 0 Å². The number of primary amides is 1. The minimum atomic E-state index is -0.895. The maximum Gasteiger partial charge on any atom is 0.240 e. The van der Waals surface area contributed by atoms with E-state index in [9.17, 15) is 14.7 Å². The number of nitrogens with two attached hydrogens (primary N) is 3. The number of carbonyl (C=O) groups is 2. The van der Waals surface area contributed by atoms with Crippen molar-refractivity contribution in [1.29, 1.82) is 0 Å². The summed E-state index contributed by atoms with van der Waals surface area (Å²) in [6.45, 7) is 0.382. The topological polar surface area (TPSA) is 189 Å². The number of phenolic OH excluding ortho intramolecular Hbond substituents is 1. The van der Waals surface area contributed by atoms with Crippen molar-refractivity contribution >= 4 is 17.8 Å². The van der Waals surface area contributed by atoms with Crippen LogP contribution in [0.3, 0.4) is 0 Å². The second-order valence-electron chi connectivity index (χ2n) is 5.87. The highest BCUT2D eigenvalue weighted by molar-refractivity contribution is 5.87. The molecule has 0 aliphatic heterocycles. The van der Waals surface area contributed by atoms with Crippen LogP contribution in [0, 0.1) is 0 Å². The summed E-state index contributed by atoms with van der Waals surface area (Å²) < 4.78 is 0. The van der Waals surface area contributed by atoms with Gasteiger partial charge in [-0.25, -0.2) is 5.48 Å². The number of phenols is 1. The van der Waals surface area contributed by atoms with Gasteiger partial charge in [0, 0.05) is 25.4 Å². The van der Waals surface area contributed by atoms with Gasteiger partial charge in [0.2, 0.25) is 11.8 Å². The molecule has 26 heavy (non-hydrogen) atoms. The second kappa shape index (κ2) is 10.9. The molecule has 0 aliphatic carbocycles. The molecule has 1 aromatic carbocycles. The van der Waals surface area contributed by atoms with Crippen molar-refractivity contribution < 1.29 is 19.9 Å². The molecule has 2 atom stereocenters. The van der Waals surface area contributed by atoms with Crippen molar-refractivity contribution in [2.75, 3.05) is 6.54 Å². The van der Waals surface area contributed by atoms with Gasteiger partial charge in [0.1, 0.15) is 11.8 Å². The molecule has 0 fully saturated rings. The monoisotopic (exact) mass is 366 g/mol. The van der Waals surface area contributed by atoms with Gasteiger partial charge < -0.3 is 32.8 Å². The molecule has 1 unspecified atom stereocenters. The lowest BCUT2D eigenvalue weighted by Crippen LogP contribution is -2.47. The van der Waals surface area contributed by atoms with E-state index in [0.717, 1.165) is 5.56 Å². The molecule has 0 bridgehead atoms. The van der Waals surface area contributed by atoms with Gasteiger partial charge in [0.25, 0.3) is 0 Å². The van der Waals surface area contributed by atoms with Gasteiger partial charge in [-0.15, -0.1) is 0 Å². The first-order chi connectivity index (χ1) is 12.3. The first kappa shape index (κ1) is 21.2. The number of hydrogen-bond acceptors (Lipinski definition) is 6. The Labute approximate surface area is 151 Å². The van der Waals surface area contributed by atoms with E-state index < -0.39 is 23.9 Å². The fraction of sp³-hybridized carbons (Fsp3) is 0.438. The Balaban J connectivity index is 2.53. The van der Waals surface area contributed by atoms with Gasteiger partial charge in [-0.05, 0) is 30.5 Å². The summed E-state index contributed by atoms with van der Waals surface area (Å²) in [5.41, 5.74) is 18.6. The van der Waals surface area contributed by atoms with Gasteiger partial charge in [-0.2, -0.15) is 0 Å². The Morgan fingerprint density at radius 2 is 1.81 bits per heavy atom. The number of rotatable bonds is 11. The van der Waals surface area contributed by atoms with E-state index in [1.807, 2.05) is 0 Å². The van der Waals surface area contributed by atoms with E-state index in [1.165, 1.54) is 12.1 Å². The summed E-state index contributed by atoms with van der Waals surface area (Å²) >= 11 is 0. The van der Waals surface area contributed by atoms with Crippen LogP contribution < -0.4 is 28.0 Å². The number of hydrogen-bond donors (Lipinski definition) is 7. The molecular weight excluding hydrogens is 340 g/mol. The lowest BCUT2D eigenvalue weighted by molar-refractivity contribution is -0.128. The Morgan fingerprint density at radius 1 is 1.15 bits per heavy atom. The van der Waals surface area contributed by atoms with E-state index in [4.69, 9.17) is 22.4 Å². The maximum absolute atomic E-state index is 12.1. The van der Waals surface area contributed by atoms with E-state index in [-0.39, 0.29) is 24.6 Å². The van der Waals surface area contributed by atoms with Crippen LogP contribution in [0.25, 0.3) is 0 Å². The zero-order valence-electron chi connectivity index (χ0n) is 14.4. The molecule has 0 spiro atoms. The predicted molar refractivity (Wildman–Crippen MR) is 96.2 cm³/mol. The van der Waals surface area contributed by atoms with Gasteiger partial charge in [0.15, 0.2) is 5.96 Å². The molecule has 0 saturated heterocycles. The summed E-state index contributed by atoms with van der Waals surface area (Å²) in [6.07, 6.45) is 1.18. The van der Waals surface area contributed by atoms with Crippen LogP contribution in [-0.4, -0.2) is 46.7 Å². The normalized spacial score (nSPS) is 12.8. The van der Waals surface area contributed by atoms with Crippen molar-refractivity contribution in [3.05, 3.63) is 29.8 Å². The standard InChI is InChI=1S/C16H26N6O4/c17-15(25)13(8-10-3-5-12(23)6-4-10)21-14(24)9-11(22-26)2-1-7-20-16(18)19/h3-6,11,13,22-23,26H,1-2,7-9H2,(H2,17,25)(H,21,24)(H4,18,19,20)/t11-,13?/m0/s1. The zero-order valence-corrected chi connectivity index (χ0v) is 14.4. The molecule has 10 N–H and O–H groups in total. The molecule has 0 aliphatic rings. The Morgan fingerprint density at radius 3 is 2.35 bits per heavy atom. The predicted octanol–water partition coefficient (Wildman–Crippen LogP) is -1.30. The minimum absolute atomic E-state index is 0.0187. The summed E-state index contributed by atoms with van der Waals surface area (Å²) in [4.78, 5) is 27.5. The summed E-state index contributed by atoms with van der Waals surface area (Å²) in [5.74, 6) is -1.02. The molecule has 1 rings (SSSR count). The Hall–Kier alpha value is -2.85. The van der Waals surface area contributed by atoms with Crippen LogP contribution in [0.15, 0.2) is 29.3 Å². The Bertz CT molecular complexity index is 616. The van der Waals surface area contributed by atoms with Gasteiger partial charge in [-0.1, -0.05) is 12.1 Å². The highest BCUT2D eigenvalue weighted by Gasteiger charge is 2.21. The third-order valence-corrected chi connectivity index (χ3v) is 3.67. The molecule has 2 amide bonds. The number of carbonyl (C=O) groups excluding carboxylic acids is 2. The number of nitrogens with one attached hydrogen (secondary N) is 2. The van der Waals surface area contributed by atoms with Gasteiger partial charge in [0.05, 0.1) is 0 Å². The molecule has 0 heterocycles. The van der Waals surface area contributed by atoms with Crippen LogP contribution in [-0.2, 0) is 16.0 Å². The number of nitrogens with zero attached hydrogens (tertiary/aromatic N) is 1. The SMILES string of the molecule is NC(=O)C(Cc1ccc(O)cc1)NC(=O)C[C@H](CCCN=C(N)N)NO. The number of aliphatic imine (C=N–C) groups is 1. The smallest absolute Gasteiger partial charge is 0.240 e. The van der Waals surface area contributed by atoms with E-state index in [1.54, 1.807) is 12.1 Å². The molecular formula is C16H26N6O4. The van der Waals surface area contributed by atoms with Gasteiger partial charge >= 0.3 is 0 Å². The van der Waals surface area contributed by atoms with Crippen molar-refractivity contribution in [2.24, 2.45) is 22.2 Å². The zero-order chi connectivity index (χ0) is 19.5. The molecule has 0 aromatic heterocycles. The molecule has 0 radical (unpaired) electrons. The van der Waals surface area contributed by atoms with Crippen molar-refractivity contribution in [2.45, 2.75) is 37.8 Å². The van der Waals surface area contributed by atoms with Gasteiger partial charge in [-0.3, -0.25) is 14.6 Å². The minimum Gasteiger partial charge on any atom is -0.508 e. The third kappa shape index (κ3) is 8.31. The second-order valence-corrected chi connectivity index (χ2v) is 5.87.